The van der Waals surface area contributed by atoms with E-state index >= 15 is 0 Å². The third-order valence-electron chi connectivity index (χ3n) is 9.10. The molecule has 282 valence electrons. The zero-order valence-corrected chi connectivity index (χ0v) is 30.7. The molecule has 0 radical (unpaired) electrons. The first-order valence-electron chi connectivity index (χ1n) is 16.0. The number of benzene rings is 1. The van der Waals surface area contributed by atoms with Crippen LogP contribution in [-0.4, -0.2) is 143 Å². The second-order valence-corrected chi connectivity index (χ2v) is 15.3. The fraction of sp³-hybridized carbons (Fsp3) is 0.484. The quantitative estimate of drug-likeness (QED) is 0.0347. The molecule has 0 saturated carbocycles. The number of β-lactam (4-membered cyclic amide) rings is 1. The Morgan fingerprint density at radius 3 is 2.54 bits per heavy atom. The van der Waals surface area contributed by atoms with E-state index in [4.69, 9.17) is 27.0 Å². The number of quaternary nitrogens is 1. The van der Waals surface area contributed by atoms with Crippen molar-refractivity contribution < 1.29 is 58.9 Å². The number of oxime groups is 1. The number of fused-ring (bicyclic) bond motifs is 1. The number of phenolic OH excluding ortho intramolecular Hbond substituents is 2. The van der Waals surface area contributed by atoms with Gasteiger partial charge in [0, 0.05) is 29.5 Å². The van der Waals surface area contributed by atoms with Gasteiger partial charge in [0.2, 0.25) is 0 Å². The molecule has 0 aliphatic carbocycles. The van der Waals surface area contributed by atoms with Crippen LogP contribution in [-0.2, 0) is 24.1 Å². The molecular formula is C31H39ClN7O11S2+. The number of aliphatic hydroxyl groups is 2. The molecule has 0 unspecified atom stereocenters. The number of aromatic nitrogens is 1. The number of carboxylic acid groups (broad SMARTS) is 1. The zero-order valence-electron chi connectivity index (χ0n) is 28.3. The minimum atomic E-state index is -1.94. The van der Waals surface area contributed by atoms with E-state index in [9.17, 15) is 44.7 Å². The van der Waals surface area contributed by atoms with Crippen molar-refractivity contribution in [1.82, 2.24) is 20.3 Å². The third-order valence-corrected chi connectivity index (χ3v) is 11.5. The predicted octanol–water partition coefficient (Wildman–Crippen LogP) is 0.653. The third kappa shape index (κ3) is 7.77. The van der Waals surface area contributed by atoms with Crippen LogP contribution < -0.4 is 11.1 Å². The number of carbonyl (C=O) groups excluding carboxylic acids is 3. The number of likely N-dealkylation sites (tertiary alicyclic amines) is 1. The number of phenols is 2. The second kappa shape index (κ2) is 15.4. The number of aliphatic hydroxyl groups excluding tert-OH is 1. The summed E-state index contributed by atoms with van der Waals surface area (Å²) in [6, 6.07) is 1.29. The predicted molar refractivity (Wildman–Crippen MR) is 188 cm³/mol. The van der Waals surface area contributed by atoms with Crippen LogP contribution in [0.25, 0.3) is 0 Å². The second-order valence-electron chi connectivity index (χ2n) is 13.0. The Bertz CT molecular complexity index is 1810. The molecule has 18 nitrogen and oxygen atoms in total. The summed E-state index contributed by atoms with van der Waals surface area (Å²) in [5.74, 6) is -4.34. The fourth-order valence-corrected chi connectivity index (χ4v) is 8.25. The fourth-order valence-electron chi connectivity index (χ4n) is 6.13. The van der Waals surface area contributed by atoms with Crippen molar-refractivity contribution in [3.05, 3.63) is 45.1 Å². The molecule has 2 saturated heterocycles. The number of aliphatic carboxylic acids is 1. The van der Waals surface area contributed by atoms with E-state index in [2.05, 4.69) is 15.5 Å². The Morgan fingerprint density at radius 2 is 1.94 bits per heavy atom. The molecule has 3 aliphatic heterocycles. The van der Waals surface area contributed by atoms with E-state index in [1.807, 2.05) is 0 Å². The average molecular weight is 785 g/mol. The summed E-state index contributed by atoms with van der Waals surface area (Å²) in [7, 11) is 1.31. The lowest BCUT2D eigenvalue weighted by atomic mass is 10.0. The van der Waals surface area contributed by atoms with Gasteiger partial charge in [0.25, 0.3) is 17.7 Å². The number of amides is 3. The highest BCUT2D eigenvalue weighted by molar-refractivity contribution is 8.00. The first-order valence-corrected chi connectivity index (χ1v) is 18.3. The zero-order chi connectivity index (χ0) is 38.1. The van der Waals surface area contributed by atoms with Gasteiger partial charge in [-0.15, -0.1) is 23.1 Å². The van der Waals surface area contributed by atoms with Gasteiger partial charge in [-0.25, -0.2) is 14.8 Å². The summed E-state index contributed by atoms with van der Waals surface area (Å²) in [5.41, 5.74) is 4.05. The van der Waals surface area contributed by atoms with Crippen LogP contribution in [0.1, 0.15) is 42.7 Å². The van der Waals surface area contributed by atoms with E-state index in [-0.39, 0.29) is 51.7 Å². The Hall–Kier alpha value is -4.18. The standard InChI is InChI=1S/C31H38ClN7O11S2/c1-31(2,29(47)48)50-36-20(17-14-52-30(33)34-17)24(42)35-21-26(44)38-22(28(45)46)15(13-51-27(21)38)12-39(9-4-5-10-39)11-8-37(49-3)25(43)16-6-7-18(40)23(41)19(16)32/h6-7,14,21,27,29,47-48H,4-5,8-13H2,1-3H3,(H5-,33,34,35,36,40,41,42,43,45,46)/p+1/t21-,27-/m1/s1. The van der Waals surface area contributed by atoms with E-state index in [0.717, 1.165) is 40.2 Å². The van der Waals surface area contributed by atoms with Gasteiger partial charge in [-0.2, -0.15) is 0 Å². The number of halogens is 1. The van der Waals surface area contributed by atoms with Crippen molar-refractivity contribution in [2.45, 2.75) is 50.0 Å². The molecule has 4 heterocycles. The minimum absolute atomic E-state index is 0.0224. The summed E-state index contributed by atoms with van der Waals surface area (Å²) in [6.07, 6.45) is -0.235. The molecule has 2 atom stereocenters. The number of nitrogens with zero attached hydrogens (tertiary/aromatic N) is 5. The number of nitrogens with one attached hydrogen (secondary N) is 1. The number of anilines is 1. The van der Waals surface area contributed by atoms with Crippen molar-refractivity contribution >= 4 is 69.2 Å². The maximum absolute atomic E-state index is 13.5. The summed E-state index contributed by atoms with van der Waals surface area (Å²) >= 11 is 8.43. The van der Waals surface area contributed by atoms with E-state index < -0.39 is 58.5 Å². The number of nitrogens with two attached hydrogens (primary N) is 1. The maximum Gasteiger partial charge on any atom is 0.352 e. The van der Waals surface area contributed by atoms with Crippen molar-refractivity contribution in [3.63, 3.8) is 0 Å². The van der Waals surface area contributed by atoms with Gasteiger partial charge < -0.3 is 45.9 Å². The van der Waals surface area contributed by atoms with Crippen LogP contribution in [0.5, 0.6) is 11.5 Å². The topological polar surface area (TPSA) is 258 Å². The molecule has 3 aliphatic rings. The Balaban J connectivity index is 1.32. The maximum atomic E-state index is 13.5. The normalized spacial score (nSPS) is 20.1. The molecule has 1 aromatic carbocycles. The molecular weight excluding hydrogens is 746 g/mol. The van der Waals surface area contributed by atoms with Crippen molar-refractivity contribution in [1.29, 1.82) is 0 Å². The summed E-state index contributed by atoms with van der Waals surface area (Å²) in [4.78, 5) is 68.8. The number of thiazole rings is 1. The summed E-state index contributed by atoms with van der Waals surface area (Å²) in [5, 5.41) is 57.3. The largest absolute Gasteiger partial charge is 0.504 e. The van der Waals surface area contributed by atoms with Crippen LogP contribution >= 0.6 is 34.7 Å². The van der Waals surface area contributed by atoms with Gasteiger partial charge in [-0.3, -0.25) is 24.1 Å². The minimum Gasteiger partial charge on any atom is -0.504 e. The number of hydrogen-bond acceptors (Lipinski definition) is 15. The van der Waals surface area contributed by atoms with Crippen LogP contribution in [0.3, 0.4) is 0 Å². The number of hydroxylamine groups is 2. The lowest BCUT2D eigenvalue weighted by Gasteiger charge is -2.50. The van der Waals surface area contributed by atoms with Crippen LogP contribution in [0.4, 0.5) is 5.13 Å². The molecule has 21 heteroatoms. The average Bonchev–Trinajstić information content (AvgIpc) is 3.75. The number of hydrogen-bond donors (Lipinski definition) is 7. The first kappa shape index (κ1) is 39.0. The van der Waals surface area contributed by atoms with Crippen LogP contribution in [0.2, 0.25) is 5.02 Å². The van der Waals surface area contributed by atoms with Crippen molar-refractivity contribution in [3.8, 4) is 11.5 Å². The Labute approximate surface area is 310 Å². The number of carbonyl (C=O) groups is 4. The number of thioether (sulfide) groups is 1. The SMILES string of the molecule is CON(CC[N+]1(CC2=C(C(=O)O)N3C(=O)[C@@H](NC(=O)/C(=N\OC(C)(C)C(O)O)c4csc(N)n4)[C@H]3SC2)CCCC1)C(=O)c1ccc(O)c(O)c1Cl. The molecule has 8 N–H and O–H groups in total. The number of aromatic hydroxyl groups is 2. The molecule has 0 bridgehead atoms. The van der Waals surface area contributed by atoms with Gasteiger partial charge in [0.15, 0.2) is 34.2 Å². The summed E-state index contributed by atoms with van der Waals surface area (Å²) in [6.45, 7) is 4.75. The lowest BCUT2D eigenvalue weighted by molar-refractivity contribution is -0.912. The van der Waals surface area contributed by atoms with Crippen LogP contribution in [0.15, 0.2) is 33.9 Å². The highest BCUT2D eigenvalue weighted by atomic mass is 35.5. The highest BCUT2D eigenvalue weighted by Crippen LogP contribution is 2.42. The smallest absolute Gasteiger partial charge is 0.352 e. The number of nitrogen functional groups attached to an aromatic ring is 1. The van der Waals surface area contributed by atoms with Gasteiger partial charge >= 0.3 is 5.97 Å². The van der Waals surface area contributed by atoms with Gasteiger partial charge in [0.1, 0.15) is 29.4 Å². The van der Waals surface area contributed by atoms with Crippen molar-refractivity contribution in [2.24, 2.45) is 5.16 Å². The molecule has 2 aromatic rings. The van der Waals surface area contributed by atoms with E-state index in [0.29, 0.717) is 29.7 Å². The van der Waals surface area contributed by atoms with Crippen LogP contribution in [0, 0.1) is 0 Å². The van der Waals surface area contributed by atoms with Gasteiger partial charge in [0.05, 0.1) is 43.9 Å². The van der Waals surface area contributed by atoms with Gasteiger partial charge in [-0.1, -0.05) is 16.8 Å². The Kier molecular flexibility index (Phi) is 11.6. The molecule has 0 spiro atoms. The van der Waals surface area contributed by atoms with E-state index in [1.54, 1.807) is 0 Å². The first-order chi connectivity index (χ1) is 24.5. The molecule has 3 amide bonds. The van der Waals surface area contributed by atoms with E-state index in [1.165, 1.54) is 44.2 Å². The molecule has 1 aromatic heterocycles. The molecule has 52 heavy (non-hydrogen) atoms. The molecule has 5 rings (SSSR count). The molecule has 2 fully saturated rings. The van der Waals surface area contributed by atoms with Crippen molar-refractivity contribution in [2.75, 3.05) is 51.3 Å². The van der Waals surface area contributed by atoms with Gasteiger partial charge in [-0.05, 0) is 26.0 Å². The number of carboxylic acids is 1. The summed E-state index contributed by atoms with van der Waals surface area (Å²) < 4.78 is 0.413. The monoisotopic (exact) mass is 784 g/mol. The number of rotatable bonds is 14. The highest BCUT2D eigenvalue weighted by Gasteiger charge is 2.55. The lowest BCUT2D eigenvalue weighted by Crippen LogP contribution is -2.71. The Morgan fingerprint density at radius 1 is 1.25 bits per heavy atom.